The first-order valence-electron chi connectivity index (χ1n) is 4.84. The molecule has 1 N–H and O–H groups in total. The van der Waals surface area contributed by atoms with Gasteiger partial charge in [-0.3, -0.25) is 4.79 Å². The van der Waals surface area contributed by atoms with Crippen molar-refractivity contribution in [2.45, 2.75) is 18.9 Å². The van der Waals surface area contributed by atoms with Gasteiger partial charge >= 0.3 is 0 Å². The molecule has 1 amide bonds. The maximum atomic E-state index is 11.8. The summed E-state index contributed by atoms with van der Waals surface area (Å²) in [6, 6.07) is 3.76. The molecule has 0 bridgehead atoms. The van der Waals surface area contributed by atoms with E-state index in [0.29, 0.717) is 10.2 Å². The van der Waals surface area contributed by atoms with E-state index in [-0.39, 0.29) is 11.9 Å². The third-order valence-corrected chi connectivity index (χ3v) is 2.98. The number of carbonyl (C=O) groups is 1. The van der Waals surface area contributed by atoms with Crippen molar-refractivity contribution >= 4 is 21.8 Å². The highest BCUT2D eigenvalue weighted by atomic mass is 79.9. The molecule has 1 heterocycles. The Morgan fingerprint density at radius 1 is 1.47 bits per heavy atom. The molecule has 2 rings (SSSR count). The van der Waals surface area contributed by atoms with Gasteiger partial charge in [-0.25, -0.2) is 4.98 Å². The van der Waals surface area contributed by atoms with E-state index < -0.39 is 0 Å². The van der Waals surface area contributed by atoms with Gasteiger partial charge in [0.2, 0.25) is 0 Å². The van der Waals surface area contributed by atoms with E-state index in [2.05, 4.69) is 38.4 Å². The van der Waals surface area contributed by atoms with Crippen molar-refractivity contribution in [2.75, 3.05) is 0 Å². The second kappa shape index (κ2) is 4.57. The van der Waals surface area contributed by atoms with Crippen molar-refractivity contribution in [3.63, 3.8) is 0 Å². The number of hydrogen-bond acceptors (Lipinski definition) is 2. The molecule has 0 radical (unpaired) electrons. The molecule has 1 aromatic rings. The molecule has 1 aromatic heterocycles. The number of halogens is 1. The van der Waals surface area contributed by atoms with Crippen LogP contribution in [0.2, 0.25) is 0 Å². The molecule has 0 saturated heterocycles. The van der Waals surface area contributed by atoms with Gasteiger partial charge in [0.25, 0.3) is 5.91 Å². The van der Waals surface area contributed by atoms with Crippen molar-refractivity contribution in [1.82, 2.24) is 10.3 Å². The fourth-order valence-electron chi connectivity index (χ4n) is 1.55. The van der Waals surface area contributed by atoms with Crippen molar-refractivity contribution in [1.29, 1.82) is 0 Å². The molecule has 0 unspecified atom stereocenters. The molecule has 0 saturated carbocycles. The minimum atomic E-state index is -0.0660. The van der Waals surface area contributed by atoms with Crippen LogP contribution in [0.15, 0.2) is 35.1 Å². The summed E-state index contributed by atoms with van der Waals surface area (Å²) in [5.41, 5.74) is 0.587. The highest BCUT2D eigenvalue weighted by molar-refractivity contribution is 9.10. The Bertz CT molecular complexity index is 395. The second-order valence-electron chi connectivity index (χ2n) is 3.45. The van der Waals surface area contributed by atoms with E-state index >= 15 is 0 Å². The fraction of sp³-hybridized carbons (Fsp3) is 0.273. The molecular formula is C11H11BrN2O. The number of nitrogens with one attached hydrogen (secondary N) is 1. The highest BCUT2D eigenvalue weighted by Crippen LogP contribution is 2.14. The monoisotopic (exact) mass is 266 g/mol. The number of hydrogen-bond donors (Lipinski definition) is 1. The number of rotatable bonds is 2. The van der Waals surface area contributed by atoms with E-state index in [1.807, 2.05) is 0 Å². The zero-order chi connectivity index (χ0) is 10.7. The van der Waals surface area contributed by atoms with Gasteiger partial charge in [-0.1, -0.05) is 12.2 Å². The van der Waals surface area contributed by atoms with Crippen LogP contribution in [0.5, 0.6) is 0 Å². The molecule has 0 fully saturated rings. The Balaban J connectivity index is 2.05. The van der Waals surface area contributed by atoms with Crippen molar-refractivity contribution < 1.29 is 4.79 Å². The summed E-state index contributed by atoms with van der Waals surface area (Å²) in [5, 5.41) is 2.96. The first-order chi connectivity index (χ1) is 7.27. The van der Waals surface area contributed by atoms with E-state index in [4.69, 9.17) is 0 Å². The molecule has 0 spiro atoms. The van der Waals surface area contributed by atoms with Crippen LogP contribution in [-0.2, 0) is 0 Å². The molecule has 0 aliphatic heterocycles. The van der Waals surface area contributed by atoms with Gasteiger partial charge in [-0.15, -0.1) is 0 Å². The largest absolute Gasteiger partial charge is 0.349 e. The third-order valence-electron chi connectivity index (χ3n) is 2.35. The molecule has 78 valence electrons. The lowest BCUT2D eigenvalue weighted by atomic mass is 10.2. The maximum Gasteiger partial charge on any atom is 0.254 e. The molecule has 0 atom stereocenters. The lowest BCUT2D eigenvalue weighted by Crippen LogP contribution is -2.33. The predicted octanol–water partition coefficient (Wildman–Crippen LogP) is 2.29. The smallest absolute Gasteiger partial charge is 0.254 e. The SMILES string of the molecule is O=C(NC1CC=CC1)c1cccnc1Br. The molecule has 4 heteroatoms. The summed E-state index contributed by atoms with van der Waals surface area (Å²) >= 11 is 3.26. The molecule has 1 aliphatic rings. The fourth-order valence-corrected chi connectivity index (χ4v) is 1.98. The van der Waals surface area contributed by atoms with Crippen molar-refractivity contribution in [3.05, 3.63) is 40.6 Å². The lowest BCUT2D eigenvalue weighted by Gasteiger charge is -2.12. The van der Waals surface area contributed by atoms with Gasteiger partial charge in [0.15, 0.2) is 0 Å². The topological polar surface area (TPSA) is 42.0 Å². The molecule has 0 aromatic carbocycles. The summed E-state index contributed by atoms with van der Waals surface area (Å²) in [6.07, 6.45) is 7.66. The Morgan fingerprint density at radius 3 is 2.87 bits per heavy atom. The average Bonchev–Trinajstić information content (AvgIpc) is 2.71. The van der Waals surface area contributed by atoms with Crippen molar-refractivity contribution in [3.8, 4) is 0 Å². The van der Waals surface area contributed by atoms with Crippen LogP contribution in [-0.4, -0.2) is 16.9 Å². The van der Waals surface area contributed by atoms with E-state index in [1.54, 1.807) is 18.3 Å². The first-order valence-corrected chi connectivity index (χ1v) is 5.63. The Labute approximate surface area is 96.7 Å². The van der Waals surface area contributed by atoms with Crippen molar-refractivity contribution in [2.24, 2.45) is 0 Å². The summed E-state index contributed by atoms with van der Waals surface area (Å²) in [5.74, 6) is -0.0660. The summed E-state index contributed by atoms with van der Waals surface area (Å²) in [6.45, 7) is 0. The van der Waals surface area contributed by atoms with Gasteiger partial charge in [0.05, 0.1) is 5.56 Å². The van der Waals surface area contributed by atoms with Crippen LogP contribution in [0, 0.1) is 0 Å². The van der Waals surface area contributed by atoms with Gasteiger partial charge in [-0.05, 0) is 40.9 Å². The number of aromatic nitrogens is 1. The molecule has 15 heavy (non-hydrogen) atoms. The number of carbonyl (C=O) groups excluding carboxylic acids is 1. The van der Waals surface area contributed by atoms with Crippen LogP contribution in [0.4, 0.5) is 0 Å². The second-order valence-corrected chi connectivity index (χ2v) is 4.21. The minimum Gasteiger partial charge on any atom is -0.349 e. The van der Waals surface area contributed by atoms with Gasteiger partial charge in [0, 0.05) is 12.2 Å². The van der Waals surface area contributed by atoms with Crippen LogP contribution in [0.25, 0.3) is 0 Å². The van der Waals surface area contributed by atoms with Gasteiger partial charge in [-0.2, -0.15) is 0 Å². The zero-order valence-electron chi connectivity index (χ0n) is 8.11. The first kappa shape index (κ1) is 10.4. The number of amides is 1. The van der Waals surface area contributed by atoms with E-state index in [0.717, 1.165) is 12.8 Å². The zero-order valence-corrected chi connectivity index (χ0v) is 9.70. The molecule has 3 nitrogen and oxygen atoms in total. The predicted molar refractivity (Wildman–Crippen MR) is 61.6 cm³/mol. The number of pyridine rings is 1. The average molecular weight is 267 g/mol. The van der Waals surface area contributed by atoms with E-state index in [9.17, 15) is 4.79 Å². The Morgan fingerprint density at radius 2 is 2.20 bits per heavy atom. The maximum absolute atomic E-state index is 11.8. The lowest BCUT2D eigenvalue weighted by molar-refractivity contribution is 0.0938. The van der Waals surface area contributed by atoms with Gasteiger partial charge in [0.1, 0.15) is 4.60 Å². The van der Waals surface area contributed by atoms with Crippen LogP contribution in [0.3, 0.4) is 0 Å². The van der Waals surface area contributed by atoms with Crippen LogP contribution >= 0.6 is 15.9 Å². The van der Waals surface area contributed by atoms with Crippen LogP contribution in [0.1, 0.15) is 23.2 Å². The summed E-state index contributed by atoms with van der Waals surface area (Å²) < 4.78 is 0.591. The standard InChI is InChI=1S/C11H11BrN2O/c12-10-9(6-3-7-13-10)11(15)14-8-4-1-2-5-8/h1-3,6-8H,4-5H2,(H,14,15). The summed E-state index contributed by atoms with van der Waals surface area (Å²) in [4.78, 5) is 15.8. The highest BCUT2D eigenvalue weighted by Gasteiger charge is 2.16. The van der Waals surface area contributed by atoms with Crippen LogP contribution < -0.4 is 5.32 Å². The molecular weight excluding hydrogens is 256 g/mol. The third kappa shape index (κ3) is 2.45. The quantitative estimate of drug-likeness (QED) is 0.659. The van der Waals surface area contributed by atoms with Gasteiger partial charge < -0.3 is 5.32 Å². The normalized spacial score (nSPS) is 15.5. The summed E-state index contributed by atoms with van der Waals surface area (Å²) in [7, 11) is 0. The minimum absolute atomic E-state index is 0.0660. The Hall–Kier alpha value is -1.16. The van der Waals surface area contributed by atoms with E-state index in [1.165, 1.54) is 0 Å². The Kier molecular flexibility index (Phi) is 3.16. The number of nitrogens with zero attached hydrogens (tertiary/aromatic N) is 1. The molecule has 1 aliphatic carbocycles.